The second-order valence-electron chi connectivity index (χ2n) is 6.40. The Balaban J connectivity index is 1.67. The van der Waals surface area contributed by atoms with Gasteiger partial charge in [-0.3, -0.25) is 9.78 Å². The first kappa shape index (κ1) is 17.9. The van der Waals surface area contributed by atoms with Crippen LogP contribution in [0.15, 0.2) is 29.7 Å². The zero-order valence-corrected chi connectivity index (χ0v) is 15.6. The van der Waals surface area contributed by atoms with Gasteiger partial charge in [0.1, 0.15) is 0 Å². The summed E-state index contributed by atoms with van der Waals surface area (Å²) in [5.41, 5.74) is 0.933. The maximum absolute atomic E-state index is 12.5. The summed E-state index contributed by atoms with van der Waals surface area (Å²) < 4.78 is 2.03. The summed E-state index contributed by atoms with van der Waals surface area (Å²) in [5.74, 6) is 0.878. The summed E-state index contributed by atoms with van der Waals surface area (Å²) in [4.78, 5) is 16.6. The van der Waals surface area contributed by atoms with Crippen molar-refractivity contribution in [2.24, 2.45) is 0 Å². The van der Waals surface area contributed by atoms with E-state index in [1.165, 1.54) is 31.0 Å². The average molecular weight is 359 g/mol. The number of amides is 1. The topological polar surface area (TPSA) is 72.7 Å². The van der Waals surface area contributed by atoms with Crippen LogP contribution in [0.3, 0.4) is 0 Å². The second kappa shape index (κ2) is 8.47. The van der Waals surface area contributed by atoms with Crippen LogP contribution < -0.4 is 5.32 Å². The number of nitrogens with one attached hydrogen (secondary N) is 1. The number of carbonyl (C=O) groups excluding carboxylic acids is 1. The second-order valence-corrected chi connectivity index (χ2v) is 7.70. The third-order valence-corrected chi connectivity index (χ3v) is 5.64. The van der Waals surface area contributed by atoms with Crippen molar-refractivity contribution in [2.45, 2.75) is 68.9 Å². The van der Waals surface area contributed by atoms with Gasteiger partial charge in [0.2, 0.25) is 5.91 Å². The number of nitrogens with zero attached hydrogens (tertiary/aromatic N) is 4. The molecule has 1 aliphatic carbocycles. The van der Waals surface area contributed by atoms with Crippen molar-refractivity contribution in [1.82, 2.24) is 25.1 Å². The Morgan fingerprint density at radius 3 is 2.84 bits per heavy atom. The molecule has 2 aromatic rings. The van der Waals surface area contributed by atoms with Crippen LogP contribution in [0.4, 0.5) is 0 Å². The van der Waals surface area contributed by atoms with Gasteiger partial charge in [0.15, 0.2) is 11.0 Å². The van der Waals surface area contributed by atoms with Crippen LogP contribution in [0.5, 0.6) is 0 Å². The first-order chi connectivity index (χ1) is 12.2. The summed E-state index contributed by atoms with van der Waals surface area (Å²) >= 11 is 1.46. The highest BCUT2D eigenvalue weighted by Gasteiger charge is 2.23. The molecule has 2 aromatic heterocycles. The van der Waals surface area contributed by atoms with Crippen molar-refractivity contribution in [2.75, 3.05) is 0 Å². The molecule has 1 aliphatic rings. The zero-order valence-electron chi connectivity index (χ0n) is 14.8. The van der Waals surface area contributed by atoms with Crippen molar-refractivity contribution in [3.05, 3.63) is 24.5 Å². The molecule has 7 heteroatoms. The highest BCUT2D eigenvalue weighted by molar-refractivity contribution is 8.00. The Kier molecular flexibility index (Phi) is 6.07. The standard InChI is InChI=1S/C18H25N5OS/c1-3-23-16(14-8-7-11-19-12-14)21-22-18(23)25-13(2)17(24)20-15-9-5-4-6-10-15/h7-8,11-13,15H,3-6,9-10H2,1-2H3,(H,20,24). The minimum atomic E-state index is -0.196. The fourth-order valence-corrected chi connectivity index (χ4v) is 4.07. The van der Waals surface area contributed by atoms with Crippen LogP contribution in [0.1, 0.15) is 46.0 Å². The van der Waals surface area contributed by atoms with Gasteiger partial charge in [-0.2, -0.15) is 0 Å². The lowest BCUT2D eigenvalue weighted by Crippen LogP contribution is -2.40. The fourth-order valence-electron chi connectivity index (χ4n) is 3.15. The average Bonchev–Trinajstić information content (AvgIpc) is 3.05. The van der Waals surface area contributed by atoms with Crippen molar-refractivity contribution in [1.29, 1.82) is 0 Å². The van der Waals surface area contributed by atoms with Crippen molar-refractivity contribution >= 4 is 17.7 Å². The molecule has 0 bridgehead atoms. The smallest absolute Gasteiger partial charge is 0.233 e. The normalized spacial score (nSPS) is 16.6. The third kappa shape index (κ3) is 4.39. The van der Waals surface area contributed by atoms with Gasteiger partial charge in [-0.25, -0.2) is 0 Å². The number of rotatable bonds is 6. The maximum Gasteiger partial charge on any atom is 0.233 e. The van der Waals surface area contributed by atoms with E-state index in [0.29, 0.717) is 6.04 Å². The predicted octanol–water partition coefficient (Wildman–Crippen LogP) is 3.29. The zero-order chi connectivity index (χ0) is 17.6. The molecule has 6 nitrogen and oxygen atoms in total. The molecule has 25 heavy (non-hydrogen) atoms. The third-order valence-electron chi connectivity index (χ3n) is 4.56. The van der Waals surface area contributed by atoms with Crippen LogP contribution in [0, 0.1) is 0 Å². The Hall–Kier alpha value is -1.89. The van der Waals surface area contributed by atoms with Crippen LogP contribution >= 0.6 is 11.8 Å². The molecule has 1 atom stereocenters. The van der Waals surface area contributed by atoms with E-state index in [9.17, 15) is 4.79 Å². The fraction of sp³-hybridized carbons (Fsp3) is 0.556. The molecular weight excluding hydrogens is 334 g/mol. The van der Waals surface area contributed by atoms with E-state index < -0.39 is 0 Å². The molecule has 1 fully saturated rings. The lowest BCUT2D eigenvalue weighted by atomic mass is 9.95. The lowest BCUT2D eigenvalue weighted by Gasteiger charge is -2.24. The summed E-state index contributed by atoms with van der Waals surface area (Å²) in [7, 11) is 0. The maximum atomic E-state index is 12.5. The summed E-state index contributed by atoms with van der Waals surface area (Å²) in [6, 6.07) is 4.19. The van der Waals surface area contributed by atoms with Crippen molar-refractivity contribution in [3.8, 4) is 11.4 Å². The molecule has 1 amide bonds. The monoisotopic (exact) mass is 359 g/mol. The van der Waals surface area contributed by atoms with Gasteiger partial charge in [0, 0.05) is 30.5 Å². The number of carbonyl (C=O) groups is 1. The highest BCUT2D eigenvalue weighted by atomic mass is 32.2. The quantitative estimate of drug-likeness (QED) is 0.801. The molecule has 0 spiro atoms. The largest absolute Gasteiger partial charge is 0.352 e. The minimum Gasteiger partial charge on any atom is -0.352 e. The number of thioether (sulfide) groups is 1. The van der Waals surface area contributed by atoms with E-state index in [0.717, 1.165) is 35.9 Å². The SMILES string of the molecule is CCn1c(SC(C)C(=O)NC2CCCCC2)nnc1-c1cccnc1. The van der Waals surface area contributed by atoms with Crippen LogP contribution in [-0.2, 0) is 11.3 Å². The number of hydrogen-bond donors (Lipinski definition) is 1. The van der Waals surface area contributed by atoms with Gasteiger partial charge in [0.05, 0.1) is 5.25 Å². The Morgan fingerprint density at radius 1 is 1.36 bits per heavy atom. The molecule has 1 N–H and O–H groups in total. The molecule has 134 valence electrons. The summed E-state index contributed by atoms with van der Waals surface area (Å²) in [5, 5.41) is 12.4. The molecule has 0 radical (unpaired) electrons. The van der Waals surface area contributed by atoms with Gasteiger partial charge in [0.25, 0.3) is 0 Å². The molecule has 2 heterocycles. The van der Waals surface area contributed by atoms with E-state index in [4.69, 9.17) is 0 Å². The summed E-state index contributed by atoms with van der Waals surface area (Å²) in [6.45, 7) is 4.73. The highest BCUT2D eigenvalue weighted by Crippen LogP contribution is 2.27. The van der Waals surface area contributed by atoms with Gasteiger partial charge in [-0.15, -0.1) is 10.2 Å². The van der Waals surface area contributed by atoms with Crippen molar-refractivity contribution < 1.29 is 4.79 Å². The van der Waals surface area contributed by atoms with E-state index >= 15 is 0 Å². The number of hydrogen-bond acceptors (Lipinski definition) is 5. The van der Waals surface area contributed by atoms with Crippen LogP contribution in [0.25, 0.3) is 11.4 Å². The number of aromatic nitrogens is 4. The molecule has 1 saturated carbocycles. The van der Waals surface area contributed by atoms with Gasteiger partial charge >= 0.3 is 0 Å². The van der Waals surface area contributed by atoms with E-state index in [1.807, 2.05) is 23.6 Å². The molecule has 0 aromatic carbocycles. The molecule has 0 saturated heterocycles. The van der Waals surface area contributed by atoms with Crippen LogP contribution in [0.2, 0.25) is 0 Å². The number of pyridine rings is 1. The first-order valence-electron chi connectivity index (χ1n) is 8.99. The molecule has 3 rings (SSSR count). The molecular formula is C18H25N5OS. The van der Waals surface area contributed by atoms with Gasteiger partial charge < -0.3 is 9.88 Å². The lowest BCUT2D eigenvalue weighted by molar-refractivity contribution is -0.121. The predicted molar refractivity (Wildman–Crippen MR) is 99.3 cm³/mol. The Labute approximate surface area is 152 Å². The van der Waals surface area contributed by atoms with E-state index in [2.05, 4.69) is 27.4 Å². The Morgan fingerprint density at radius 2 is 2.16 bits per heavy atom. The molecule has 1 unspecified atom stereocenters. The first-order valence-corrected chi connectivity index (χ1v) is 9.87. The van der Waals surface area contributed by atoms with Gasteiger partial charge in [-0.05, 0) is 38.8 Å². The Bertz CT molecular complexity index is 697. The van der Waals surface area contributed by atoms with Crippen LogP contribution in [-0.4, -0.2) is 36.9 Å². The van der Waals surface area contributed by atoms with Gasteiger partial charge in [-0.1, -0.05) is 31.0 Å². The van der Waals surface area contributed by atoms with E-state index in [1.54, 1.807) is 12.4 Å². The van der Waals surface area contributed by atoms with E-state index in [-0.39, 0.29) is 11.2 Å². The van der Waals surface area contributed by atoms with Crippen molar-refractivity contribution in [3.63, 3.8) is 0 Å². The molecule has 0 aliphatic heterocycles. The summed E-state index contributed by atoms with van der Waals surface area (Å²) in [6.07, 6.45) is 9.43. The minimum absolute atomic E-state index is 0.0884.